The molecule has 0 unspecified atom stereocenters. The summed E-state index contributed by atoms with van der Waals surface area (Å²) >= 11 is 0. The summed E-state index contributed by atoms with van der Waals surface area (Å²) in [7, 11) is 0.276. The Hall–Kier alpha value is -1.30. The van der Waals surface area contributed by atoms with Gasteiger partial charge in [-0.25, -0.2) is 0 Å². The second-order valence-corrected chi connectivity index (χ2v) is 2.35. The van der Waals surface area contributed by atoms with Gasteiger partial charge in [-0.2, -0.15) is 8.78 Å². The zero-order chi connectivity index (χ0) is 10.6. The molecular formula is C8H8BF2O3. The molecule has 0 bridgehead atoms. The standard InChI is InChI=1S/C8H8BF2O3/c1-2-13-5-3-4-6(14-9-12)8(11)7(5)10/h3-4,12H,2H2,1H3. The molecule has 75 valence electrons. The summed E-state index contributed by atoms with van der Waals surface area (Å²) in [6, 6.07) is 2.39. The van der Waals surface area contributed by atoms with Crippen LogP contribution in [0, 0.1) is 11.6 Å². The quantitative estimate of drug-likeness (QED) is 0.745. The molecule has 0 saturated carbocycles. The summed E-state index contributed by atoms with van der Waals surface area (Å²) in [5.74, 6) is -2.91. The summed E-state index contributed by atoms with van der Waals surface area (Å²) in [5, 5.41) is 8.24. The molecule has 0 aliphatic rings. The van der Waals surface area contributed by atoms with Gasteiger partial charge >= 0.3 is 7.69 Å². The predicted octanol–water partition coefficient (Wildman–Crippen LogP) is 1.27. The maximum atomic E-state index is 13.1. The first kappa shape index (κ1) is 10.8. The fourth-order valence-corrected chi connectivity index (χ4v) is 0.929. The molecule has 1 rings (SSSR count). The van der Waals surface area contributed by atoms with Crippen LogP contribution in [0.3, 0.4) is 0 Å². The molecule has 1 N–H and O–H groups in total. The van der Waals surface area contributed by atoms with E-state index in [0.717, 1.165) is 6.07 Å². The number of ether oxygens (including phenoxy) is 1. The van der Waals surface area contributed by atoms with Crippen molar-refractivity contribution in [2.75, 3.05) is 6.61 Å². The van der Waals surface area contributed by atoms with Gasteiger partial charge in [0.05, 0.1) is 6.61 Å². The number of rotatable bonds is 4. The Bertz CT molecular complexity index is 289. The molecule has 0 aliphatic heterocycles. The van der Waals surface area contributed by atoms with Gasteiger partial charge in [-0.1, -0.05) is 0 Å². The first-order chi connectivity index (χ1) is 6.70. The minimum atomic E-state index is -1.19. The van der Waals surface area contributed by atoms with Crippen LogP contribution in [-0.2, 0) is 0 Å². The Balaban J connectivity index is 2.99. The normalized spacial score (nSPS) is 9.71. The molecule has 0 saturated heterocycles. The first-order valence-corrected chi connectivity index (χ1v) is 3.94. The largest absolute Gasteiger partial charge is 0.569 e. The zero-order valence-corrected chi connectivity index (χ0v) is 7.46. The lowest BCUT2D eigenvalue weighted by Gasteiger charge is -2.08. The first-order valence-electron chi connectivity index (χ1n) is 3.94. The van der Waals surface area contributed by atoms with Gasteiger partial charge in [-0.05, 0) is 19.1 Å². The maximum absolute atomic E-state index is 13.1. The van der Waals surface area contributed by atoms with Crippen LogP contribution in [0.2, 0.25) is 0 Å². The SMILES string of the molecule is CCOc1ccc(O[B]O)c(F)c1F. The molecule has 0 heterocycles. The molecule has 0 aromatic heterocycles. The summed E-state index contributed by atoms with van der Waals surface area (Å²) < 4.78 is 35.3. The summed E-state index contributed by atoms with van der Waals surface area (Å²) in [6.45, 7) is 1.89. The third-order valence-electron chi connectivity index (χ3n) is 1.49. The highest BCUT2D eigenvalue weighted by Gasteiger charge is 2.15. The van der Waals surface area contributed by atoms with Crippen LogP contribution < -0.4 is 9.39 Å². The molecule has 0 amide bonds. The number of halogens is 2. The fraction of sp³-hybridized carbons (Fsp3) is 0.250. The Morgan fingerprint density at radius 3 is 2.43 bits per heavy atom. The molecule has 0 fully saturated rings. The molecule has 0 aliphatic carbocycles. The maximum Gasteiger partial charge on any atom is 0.569 e. The van der Waals surface area contributed by atoms with E-state index in [-0.39, 0.29) is 20.0 Å². The van der Waals surface area contributed by atoms with E-state index in [1.165, 1.54) is 6.07 Å². The van der Waals surface area contributed by atoms with Crippen molar-refractivity contribution >= 4 is 7.69 Å². The van der Waals surface area contributed by atoms with E-state index < -0.39 is 17.4 Å². The zero-order valence-electron chi connectivity index (χ0n) is 7.46. The van der Waals surface area contributed by atoms with Crippen LogP contribution in [0.4, 0.5) is 8.78 Å². The van der Waals surface area contributed by atoms with Crippen molar-refractivity contribution in [2.24, 2.45) is 0 Å². The van der Waals surface area contributed by atoms with Gasteiger partial charge in [0.15, 0.2) is 5.75 Å². The Morgan fingerprint density at radius 1 is 1.29 bits per heavy atom. The van der Waals surface area contributed by atoms with Crippen LogP contribution in [0.5, 0.6) is 11.5 Å². The van der Waals surface area contributed by atoms with E-state index in [9.17, 15) is 8.78 Å². The van der Waals surface area contributed by atoms with E-state index in [0.29, 0.717) is 0 Å². The van der Waals surface area contributed by atoms with E-state index >= 15 is 0 Å². The average molecular weight is 201 g/mol. The van der Waals surface area contributed by atoms with E-state index in [2.05, 4.69) is 4.65 Å². The van der Waals surface area contributed by atoms with Crippen LogP contribution in [0.1, 0.15) is 6.92 Å². The smallest absolute Gasteiger partial charge is 0.535 e. The Morgan fingerprint density at radius 2 is 1.86 bits per heavy atom. The van der Waals surface area contributed by atoms with Crippen LogP contribution in [0.15, 0.2) is 12.1 Å². The minimum Gasteiger partial charge on any atom is -0.535 e. The highest BCUT2D eigenvalue weighted by Crippen LogP contribution is 2.27. The van der Waals surface area contributed by atoms with E-state index in [1.807, 2.05) is 0 Å². The van der Waals surface area contributed by atoms with Gasteiger partial charge in [0.2, 0.25) is 11.6 Å². The van der Waals surface area contributed by atoms with Crippen LogP contribution >= 0.6 is 0 Å². The van der Waals surface area contributed by atoms with Gasteiger partial charge in [-0.15, -0.1) is 0 Å². The summed E-state index contributed by atoms with van der Waals surface area (Å²) in [5.41, 5.74) is 0. The van der Waals surface area contributed by atoms with Crippen molar-refractivity contribution in [3.05, 3.63) is 23.8 Å². The number of benzene rings is 1. The van der Waals surface area contributed by atoms with Gasteiger partial charge in [0.25, 0.3) is 0 Å². The van der Waals surface area contributed by atoms with Crippen molar-refractivity contribution in [1.29, 1.82) is 0 Å². The lowest BCUT2D eigenvalue weighted by atomic mass is 10.2. The number of hydrogen-bond acceptors (Lipinski definition) is 3. The van der Waals surface area contributed by atoms with Crippen molar-refractivity contribution in [3.63, 3.8) is 0 Å². The molecule has 1 aromatic rings. The highest BCUT2D eigenvalue weighted by atomic mass is 19.2. The third kappa shape index (κ3) is 2.14. The van der Waals surface area contributed by atoms with Crippen LogP contribution in [-0.4, -0.2) is 19.3 Å². The molecule has 14 heavy (non-hydrogen) atoms. The van der Waals surface area contributed by atoms with Crippen molar-refractivity contribution in [1.82, 2.24) is 0 Å². The monoisotopic (exact) mass is 201 g/mol. The lowest BCUT2D eigenvalue weighted by Crippen LogP contribution is -2.04. The molecule has 0 spiro atoms. The Kier molecular flexibility index (Phi) is 3.70. The molecule has 6 heteroatoms. The number of hydrogen-bond donors (Lipinski definition) is 1. The molecule has 1 radical (unpaired) electrons. The Labute approximate surface area is 80.6 Å². The van der Waals surface area contributed by atoms with Crippen molar-refractivity contribution in [2.45, 2.75) is 6.92 Å². The molecular weight excluding hydrogens is 193 g/mol. The molecule has 0 atom stereocenters. The van der Waals surface area contributed by atoms with Crippen molar-refractivity contribution in [3.8, 4) is 11.5 Å². The van der Waals surface area contributed by atoms with Gasteiger partial charge in [0.1, 0.15) is 5.75 Å². The molecule has 3 nitrogen and oxygen atoms in total. The predicted molar refractivity (Wildman–Crippen MR) is 46.1 cm³/mol. The van der Waals surface area contributed by atoms with Crippen molar-refractivity contribution < 1.29 is 23.2 Å². The van der Waals surface area contributed by atoms with Gasteiger partial charge in [-0.3, -0.25) is 0 Å². The van der Waals surface area contributed by atoms with E-state index in [4.69, 9.17) is 9.76 Å². The van der Waals surface area contributed by atoms with Gasteiger partial charge < -0.3 is 14.4 Å². The lowest BCUT2D eigenvalue weighted by molar-refractivity contribution is 0.310. The average Bonchev–Trinajstić information content (AvgIpc) is 2.18. The molecule has 1 aromatic carbocycles. The van der Waals surface area contributed by atoms with Gasteiger partial charge in [0, 0.05) is 0 Å². The summed E-state index contributed by atoms with van der Waals surface area (Å²) in [4.78, 5) is 0. The highest BCUT2D eigenvalue weighted by molar-refractivity contribution is 6.17. The van der Waals surface area contributed by atoms with Crippen LogP contribution in [0.25, 0.3) is 0 Å². The van der Waals surface area contributed by atoms with E-state index in [1.54, 1.807) is 6.92 Å². The minimum absolute atomic E-state index is 0.185. The third-order valence-corrected chi connectivity index (χ3v) is 1.49. The summed E-state index contributed by atoms with van der Waals surface area (Å²) in [6.07, 6.45) is 0. The second-order valence-electron chi connectivity index (χ2n) is 2.35. The second kappa shape index (κ2) is 4.81. The topological polar surface area (TPSA) is 38.7 Å². The fourth-order valence-electron chi connectivity index (χ4n) is 0.929.